The van der Waals surface area contributed by atoms with Crippen molar-refractivity contribution in [3.63, 3.8) is 0 Å². The highest BCUT2D eigenvalue weighted by Crippen LogP contribution is 2.58. The Hall–Kier alpha value is -4.35. The molecule has 0 radical (unpaired) electrons. The van der Waals surface area contributed by atoms with Crippen molar-refractivity contribution in [1.82, 2.24) is 30.2 Å². The number of benzene rings is 1. The maximum atomic E-state index is 15.0. The van der Waals surface area contributed by atoms with Crippen LogP contribution in [0, 0.1) is 35.0 Å². The van der Waals surface area contributed by atoms with E-state index in [0.29, 0.717) is 53.6 Å². The number of alkyl halides is 2. The van der Waals surface area contributed by atoms with Crippen molar-refractivity contribution in [2.75, 3.05) is 13.7 Å². The molecule has 4 aliphatic carbocycles. The summed E-state index contributed by atoms with van der Waals surface area (Å²) in [4.78, 5) is 68.5. The van der Waals surface area contributed by atoms with E-state index in [1.165, 1.54) is 11.8 Å². The van der Waals surface area contributed by atoms with Gasteiger partial charge in [0, 0.05) is 12.0 Å². The fourth-order valence-corrected chi connectivity index (χ4v) is 11.4. The maximum Gasteiger partial charge on any atom is 0.408 e. The lowest BCUT2D eigenvalue weighted by Gasteiger charge is -2.36. The standard InChI is InChI=1S/C43H58F2N6O9S/c1-7-24-32-21-51(33(24)36(52)49-43(20-27(43)35(44)45)39(54)50-61(56,57)42(5)15-16-42)38(53)34(41(2,3)4)48-40(55)60-31-18-22-17-26(22)25(31)11-9-8-10-12-29-37(59-32)47-30-19-23(58-6)13-14-28(30)46-29/h13-14,19,22,24-27,31-35H,7-12,15-18,20-21H2,1-6H3,(H,48,55)(H,49,52)(H,50,54)/t22?,24?,25?,26?,27?,31?,32?,33?,34?,43-/m1/s1. The van der Waals surface area contributed by atoms with E-state index in [1.807, 2.05) is 10.8 Å². The van der Waals surface area contributed by atoms with Crippen molar-refractivity contribution in [3.05, 3.63) is 23.9 Å². The number of nitrogens with one attached hydrogen (secondary N) is 3. The number of ether oxygens (including phenoxy) is 3. The quantitative estimate of drug-likeness (QED) is 0.322. The lowest BCUT2D eigenvalue weighted by atomic mass is 9.85. The van der Waals surface area contributed by atoms with Gasteiger partial charge in [0.1, 0.15) is 41.3 Å². The lowest BCUT2D eigenvalue weighted by molar-refractivity contribution is -0.144. The third-order valence-electron chi connectivity index (χ3n) is 14.3. The Labute approximate surface area is 355 Å². The molecule has 18 heteroatoms. The van der Waals surface area contributed by atoms with Crippen molar-refractivity contribution in [2.45, 2.75) is 146 Å². The van der Waals surface area contributed by atoms with Crippen LogP contribution in [0.2, 0.25) is 0 Å². The number of hydrogen-bond acceptors (Lipinski definition) is 11. The van der Waals surface area contributed by atoms with Gasteiger partial charge in [-0.3, -0.25) is 19.1 Å². The Kier molecular flexibility index (Phi) is 11.2. The number of halogens is 2. The molecule has 6 aliphatic rings. The SMILES string of the molecule is CCC1C2CN(C(=O)C(C(C)(C)C)NC(=O)OC3CC4CC4C3CCCCCc3nc4ccc(OC)cc4nc3O2)C1C(=O)N[C@]1(C(=O)NS(=O)(=O)C2(C)CC2)CC1C(F)F. The summed E-state index contributed by atoms with van der Waals surface area (Å²) in [5, 5.41) is 5.37. The Morgan fingerprint density at radius 3 is 2.46 bits per heavy atom. The van der Waals surface area contributed by atoms with E-state index < -0.39 is 92.4 Å². The first-order valence-corrected chi connectivity index (χ1v) is 23.2. The molecule has 2 aliphatic heterocycles. The van der Waals surface area contributed by atoms with Gasteiger partial charge >= 0.3 is 6.09 Å². The second-order valence-electron chi connectivity index (χ2n) is 19.5. The number of carbonyl (C=O) groups excluding carboxylic acids is 4. The molecule has 334 valence electrons. The van der Waals surface area contributed by atoms with Crippen LogP contribution in [0.25, 0.3) is 11.0 Å². The number of aromatic nitrogens is 2. The van der Waals surface area contributed by atoms with E-state index in [4.69, 9.17) is 24.2 Å². The van der Waals surface area contributed by atoms with Gasteiger partial charge in [-0.15, -0.1) is 0 Å². The Morgan fingerprint density at radius 1 is 1.05 bits per heavy atom. The molecular formula is C43H58F2N6O9S. The van der Waals surface area contributed by atoms with Crippen molar-refractivity contribution in [3.8, 4) is 11.6 Å². The number of aryl methyl sites for hydroxylation is 1. The summed E-state index contributed by atoms with van der Waals surface area (Å²) in [6.07, 6.45) is 1.24. The van der Waals surface area contributed by atoms with E-state index in [-0.39, 0.29) is 30.9 Å². The molecule has 2 bridgehead atoms. The first-order valence-electron chi connectivity index (χ1n) is 21.7. The van der Waals surface area contributed by atoms with Crippen molar-refractivity contribution in [2.24, 2.45) is 35.0 Å². The third-order valence-corrected chi connectivity index (χ3v) is 16.5. The molecule has 9 unspecified atom stereocenters. The van der Waals surface area contributed by atoms with Gasteiger partial charge in [-0.1, -0.05) is 40.5 Å². The predicted octanol–water partition coefficient (Wildman–Crippen LogP) is 5.04. The Morgan fingerprint density at radius 2 is 1.80 bits per heavy atom. The highest BCUT2D eigenvalue weighted by atomic mass is 32.2. The summed E-state index contributed by atoms with van der Waals surface area (Å²) in [5.74, 6) is -3.28. The van der Waals surface area contributed by atoms with Crippen LogP contribution in [-0.4, -0.2) is 102 Å². The lowest BCUT2D eigenvalue weighted by Crippen LogP contribution is -2.61. The van der Waals surface area contributed by atoms with E-state index in [9.17, 15) is 31.6 Å². The smallest absolute Gasteiger partial charge is 0.408 e. The van der Waals surface area contributed by atoms with Crippen LogP contribution in [0.3, 0.4) is 0 Å². The largest absolute Gasteiger partial charge is 0.497 e. The fraction of sp³-hybridized carbons (Fsp3) is 0.721. The van der Waals surface area contributed by atoms with Gasteiger partial charge in [-0.2, -0.15) is 0 Å². The summed E-state index contributed by atoms with van der Waals surface area (Å²) >= 11 is 0. The molecule has 5 fully saturated rings. The average molecular weight is 873 g/mol. The fourth-order valence-electron chi connectivity index (χ4n) is 10.1. The zero-order valence-electron chi connectivity index (χ0n) is 35.7. The average Bonchev–Trinajstić information content (AvgIpc) is 4.15. The van der Waals surface area contributed by atoms with Crippen LogP contribution in [0.4, 0.5) is 13.6 Å². The number of amides is 4. The van der Waals surface area contributed by atoms with Crippen LogP contribution in [0.15, 0.2) is 18.2 Å². The number of nitrogens with zero attached hydrogens (tertiary/aromatic N) is 3. The Balaban J connectivity index is 1.17. The molecular weight excluding hydrogens is 815 g/mol. The van der Waals surface area contributed by atoms with Crippen molar-refractivity contribution >= 4 is 44.9 Å². The van der Waals surface area contributed by atoms with Gasteiger partial charge in [0.2, 0.25) is 34.1 Å². The van der Waals surface area contributed by atoms with Gasteiger partial charge in [0.25, 0.3) is 5.91 Å². The van der Waals surface area contributed by atoms with Gasteiger partial charge in [-0.25, -0.2) is 32.0 Å². The summed E-state index contributed by atoms with van der Waals surface area (Å²) in [5.41, 5.74) is -1.42. The van der Waals surface area contributed by atoms with Crippen LogP contribution < -0.4 is 24.8 Å². The molecule has 1 saturated heterocycles. The van der Waals surface area contributed by atoms with Gasteiger partial charge in [-0.05, 0) is 100 Å². The van der Waals surface area contributed by atoms with Gasteiger partial charge < -0.3 is 29.7 Å². The molecule has 61 heavy (non-hydrogen) atoms. The second kappa shape index (κ2) is 15.8. The second-order valence-corrected chi connectivity index (χ2v) is 21.7. The number of carbonyl (C=O) groups is 4. The minimum Gasteiger partial charge on any atom is -0.497 e. The van der Waals surface area contributed by atoms with Crippen LogP contribution in [0.1, 0.15) is 105 Å². The molecule has 2 aromatic rings. The molecule has 3 heterocycles. The summed E-state index contributed by atoms with van der Waals surface area (Å²) in [6, 6.07) is 2.75. The zero-order chi connectivity index (χ0) is 43.8. The van der Waals surface area contributed by atoms with Gasteiger partial charge in [0.05, 0.1) is 35.4 Å². The monoisotopic (exact) mass is 872 g/mol. The third kappa shape index (κ3) is 8.21. The number of methoxy groups -OCH3 is 1. The van der Waals surface area contributed by atoms with E-state index in [2.05, 4.69) is 10.6 Å². The molecule has 10 atom stereocenters. The molecule has 0 spiro atoms. The number of hydrogen-bond donors (Lipinski definition) is 3. The maximum absolute atomic E-state index is 15.0. The molecule has 3 N–H and O–H groups in total. The van der Waals surface area contributed by atoms with Crippen LogP contribution in [0.5, 0.6) is 11.6 Å². The number of sulfonamides is 1. The molecule has 4 saturated carbocycles. The first kappa shape index (κ1) is 43.3. The van der Waals surface area contributed by atoms with E-state index in [1.54, 1.807) is 46.9 Å². The van der Waals surface area contributed by atoms with Crippen molar-refractivity contribution in [1.29, 1.82) is 0 Å². The summed E-state index contributed by atoms with van der Waals surface area (Å²) in [7, 11) is -2.70. The first-order chi connectivity index (χ1) is 28.8. The Bertz CT molecular complexity index is 2200. The number of alkyl carbamates (subject to hydrolysis) is 1. The molecule has 1 aromatic carbocycles. The number of rotatable bonds is 8. The molecule has 8 rings (SSSR count). The van der Waals surface area contributed by atoms with Gasteiger partial charge in [0.15, 0.2) is 0 Å². The predicted molar refractivity (Wildman–Crippen MR) is 218 cm³/mol. The van der Waals surface area contributed by atoms with E-state index >= 15 is 4.79 Å². The van der Waals surface area contributed by atoms with Crippen molar-refractivity contribution < 1.29 is 50.6 Å². The molecule has 1 aromatic heterocycles. The molecule has 4 amide bonds. The minimum atomic E-state index is -4.25. The normalized spacial score (nSPS) is 33.5. The number of fused-ring (bicyclic) bond motifs is 7. The van der Waals surface area contributed by atoms with Crippen LogP contribution in [-0.2, 0) is 35.6 Å². The highest BCUT2D eigenvalue weighted by molar-refractivity contribution is 7.91. The molecule has 15 nitrogen and oxygen atoms in total. The summed E-state index contributed by atoms with van der Waals surface area (Å²) < 4.78 is 74.2. The summed E-state index contributed by atoms with van der Waals surface area (Å²) in [6.45, 7) is 8.40. The van der Waals surface area contributed by atoms with Crippen LogP contribution >= 0.6 is 0 Å². The highest BCUT2D eigenvalue weighted by Gasteiger charge is 2.68. The minimum absolute atomic E-state index is 0.172. The zero-order valence-corrected chi connectivity index (χ0v) is 36.5. The topological polar surface area (TPSA) is 195 Å². The van der Waals surface area contributed by atoms with E-state index in [0.717, 1.165) is 38.5 Å².